The van der Waals surface area contributed by atoms with Crippen LogP contribution in [0.5, 0.6) is 0 Å². The lowest BCUT2D eigenvalue weighted by Gasteiger charge is -1.85. The maximum Gasteiger partial charge on any atom is 0.204 e. The topological polar surface area (TPSA) is 60.2 Å². The van der Waals surface area contributed by atoms with Crippen LogP contribution >= 0.6 is 21.2 Å². The summed E-state index contributed by atoms with van der Waals surface area (Å²) in [4.78, 5) is 0. The second-order valence-corrected chi connectivity index (χ2v) is 6.54. The fourth-order valence-electron chi connectivity index (χ4n) is 0.141. The van der Waals surface area contributed by atoms with Gasteiger partial charge in [0.15, 0.2) is 0 Å². The third kappa shape index (κ3) is 6.64. The van der Waals surface area contributed by atoms with E-state index < -0.39 is 7.01 Å². The van der Waals surface area contributed by atoms with Crippen molar-refractivity contribution in [2.45, 2.75) is 0 Å². The van der Waals surface area contributed by atoms with Crippen LogP contribution in [0.4, 0.5) is 0 Å². The fraction of sp³-hybridized carbons (Fsp3) is 1.00. The molecule has 0 heterocycles. The van der Waals surface area contributed by atoms with Gasteiger partial charge in [-0.3, -0.25) is 0 Å². The van der Waals surface area contributed by atoms with Crippen LogP contribution in [0.3, 0.4) is 0 Å². The Balaban J connectivity index is 3.60. The molecule has 0 spiro atoms. The Labute approximate surface area is 54.8 Å². The van der Waals surface area contributed by atoms with Crippen LogP contribution in [0.1, 0.15) is 0 Å². The van der Waals surface area contributed by atoms with Crippen LogP contribution in [-0.4, -0.2) is 20.7 Å². The molecular weight excluding hydrogens is 229 g/mol. The van der Waals surface area contributed by atoms with Gasteiger partial charge in [-0.15, -0.1) is 0 Å². The van der Waals surface area contributed by atoms with E-state index in [4.69, 9.17) is 5.73 Å². The zero-order chi connectivity index (χ0) is 5.91. The Hall–Kier alpha value is 0.640. The van der Waals surface area contributed by atoms with Gasteiger partial charge >= 0.3 is 0 Å². The number of halogens is 1. The SMILES string of the molecule is NCCS(=O)(=O)I. The molecule has 0 amide bonds. The highest BCUT2D eigenvalue weighted by atomic mass is 127. The van der Waals surface area contributed by atoms with E-state index in [9.17, 15) is 8.42 Å². The molecule has 0 aromatic carbocycles. The molecule has 0 atom stereocenters. The first-order valence-corrected chi connectivity index (χ1v) is 5.88. The van der Waals surface area contributed by atoms with Crippen LogP contribution in [0.2, 0.25) is 0 Å². The predicted octanol–water partition coefficient (Wildman–Crippen LogP) is -0.290. The van der Waals surface area contributed by atoms with Crippen molar-refractivity contribution in [3.63, 3.8) is 0 Å². The maximum atomic E-state index is 10.1. The molecule has 5 heteroatoms. The van der Waals surface area contributed by atoms with Gasteiger partial charge in [0.05, 0.1) is 27.0 Å². The summed E-state index contributed by atoms with van der Waals surface area (Å²) < 4.78 is 20.3. The Morgan fingerprint density at radius 3 is 2.00 bits per heavy atom. The van der Waals surface area contributed by atoms with Gasteiger partial charge in [-0.25, -0.2) is 8.42 Å². The quantitative estimate of drug-likeness (QED) is 0.528. The van der Waals surface area contributed by atoms with Gasteiger partial charge in [-0.1, -0.05) is 0 Å². The summed E-state index contributed by atoms with van der Waals surface area (Å²) in [5, 5.41) is 0. The van der Waals surface area contributed by atoms with Gasteiger partial charge in [-0.05, 0) is 0 Å². The van der Waals surface area contributed by atoms with Crippen LogP contribution in [0, 0.1) is 0 Å². The van der Waals surface area contributed by atoms with Gasteiger partial charge in [0, 0.05) is 6.54 Å². The number of rotatable bonds is 2. The summed E-state index contributed by atoms with van der Waals surface area (Å²) in [6.45, 7) is 0.214. The lowest BCUT2D eigenvalue weighted by Crippen LogP contribution is -2.09. The van der Waals surface area contributed by atoms with E-state index in [0.29, 0.717) is 0 Å². The molecular formula is C2H6INO2S. The average molecular weight is 235 g/mol. The smallest absolute Gasteiger partial charge is 0.204 e. The summed E-state index contributed by atoms with van der Waals surface area (Å²) in [6.07, 6.45) is 0. The molecule has 0 unspecified atom stereocenters. The highest BCUT2D eigenvalue weighted by Crippen LogP contribution is 1.97. The van der Waals surface area contributed by atoms with E-state index in [1.165, 1.54) is 21.2 Å². The van der Waals surface area contributed by atoms with Crippen molar-refractivity contribution < 1.29 is 8.42 Å². The molecule has 44 valence electrons. The minimum atomic E-state index is -2.83. The van der Waals surface area contributed by atoms with E-state index in [0.717, 1.165) is 0 Å². The molecule has 3 nitrogen and oxygen atoms in total. The van der Waals surface area contributed by atoms with E-state index in [1.807, 2.05) is 0 Å². The zero-order valence-corrected chi connectivity index (χ0v) is 6.57. The van der Waals surface area contributed by atoms with E-state index in [-0.39, 0.29) is 12.3 Å². The summed E-state index contributed by atoms with van der Waals surface area (Å²) in [5.41, 5.74) is 4.93. The molecule has 0 aromatic heterocycles. The third-order valence-corrected chi connectivity index (χ3v) is 2.41. The molecule has 0 bridgehead atoms. The molecule has 0 aliphatic carbocycles. The van der Waals surface area contributed by atoms with Crippen molar-refractivity contribution in [1.29, 1.82) is 0 Å². The van der Waals surface area contributed by atoms with Crippen molar-refractivity contribution >= 4 is 28.2 Å². The standard InChI is InChI=1S/C2H6INO2S/c3-7(5,6)2-1-4/h1-2,4H2. The molecule has 0 radical (unpaired) electrons. The first kappa shape index (κ1) is 7.64. The summed E-state index contributed by atoms with van der Waals surface area (Å²) >= 11 is 1.37. The highest BCUT2D eigenvalue weighted by molar-refractivity contribution is 14.2. The van der Waals surface area contributed by atoms with E-state index in [2.05, 4.69) is 0 Å². The molecule has 0 aromatic rings. The Kier molecular flexibility index (Phi) is 3.09. The molecule has 0 fully saturated rings. The van der Waals surface area contributed by atoms with E-state index in [1.54, 1.807) is 0 Å². The van der Waals surface area contributed by atoms with Gasteiger partial charge < -0.3 is 5.73 Å². The van der Waals surface area contributed by atoms with Crippen LogP contribution in [-0.2, 0) is 7.01 Å². The molecule has 0 aliphatic rings. The summed E-state index contributed by atoms with van der Waals surface area (Å²) in [6, 6.07) is 0. The fourth-order valence-corrected chi connectivity index (χ4v) is 1.19. The molecule has 2 N–H and O–H groups in total. The van der Waals surface area contributed by atoms with Crippen molar-refractivity contribution in [1.82, 2.24) is 0 Å². The van der Waals surface area contributed by atoms with Gasteiger partial charge in [0.1, 0.15) is 0 Å². The van der Waals surface area contributed by atoms with Crippen molar-refractivity contribution in [3.8, 4) is 0 Å². The van der Waals surface area contributed by atoms with Crippen LogP contribution < -0.4 is 5.73 Å². The van der Waals surface area contributed by atoms with Gasteiger partial charge in [0.2, 0.25) is 7.01 Å². The molecule has 0 saturated heterocycles. The lowest BCUT2D eigenvalue weighted by atomic mass is 10.8. The van der Waals surface area contributed by atoms with Crippen molar-refractivity contribution in [3.05, 3.63) is 0 Å². The molecule has 7 heavy (non-hydrogen) atoms. The highest BCUT2D eigenvalue weighted by Gasteiger charge is 1.98. The van der Waals surface area contributed by atoms with Crippen molar-refractivity contribution in [2.24, 2.45) is 5.73 Å². The zero-order valence-electron chi connectivity index (χ0n) is 3.59. The predicted molar refractivity (Wildman–Crippen MR) is 36.9 cm³/mol. The first-order chi connectivity index (χ1) is 3.06. The minimum Gasteiger partial charge on any atom is -0.329 e. The van der Waals surface area contributed by atoms with Gasteiger partial charge in [0.25, 0.3) is 0 Å². The Morgan fingerprint density at radius 2 is 2.00 bits per heavy atom. The first-order valence-electron chi connectivity index (χ1n) is 1.68. The largest absolute Gasteiger partial charge is 0.329 e. The number of nitrogens with two attached hydrogens (primary N) is 1. The molecule has 0 aliphatic heterocycles. The summed E-state index contributed by atoms with van der Waals surface area (Å²) in [7, 11) is -2.83. The normalized spacial score (nSPS) is 11.7. The number of hydrogen-bond acceptors (Lipinski definition) is 3. The third-order valence-electron chi connectivity index (χ3n) is 0.362. The average Bonchev–Trinajstić information content (AvgIpc) is 1.30. The summed E-state index contributed by atoms with van der Waals surface area (Å²) in [5.74, 6) is 0.0769. The molecule has 0 rings (SSSR count). The monoisotopic (exact) mass is 235 g/mol. The van der Waals surface area contributed by atoms with Gasteiger partial charge in [-0.2, -0.15) is 0 Å². The Morgan fingerprint density at radius 1 is 1.57 bits per heavy atom. The number of hydrogen-bond donors (Lipinski definition) is 1. The molecule has 0 saturated carbocycles. The lowest BCUT2D eigenvalue weighted by molar-refractivity contribution is 0.612. The van der Waals surface area contributed by atoms with Crippen molar-refractivity contribution in [2.75, 3.05) is 12.3 Å². The van der Waals surface area contributed by atoms with E-state index >= 15 is 0 Å². The minimum absolute atomic E-state index is 0.0769. The van der Waals surface area contributed by atoms with Crippen LogP contribution in [0.15, 0.2) is 0 Å². The second-order valence-electron chi connectivity index (χ2n) is 1.03. The Bertz CT molecular complexity index is 129. The maximum absolute atomic E-state index is 10.1. The van der Waals surface area contributed by atoms with Crippen LogP contribution in [0.25, 0.3) is 0 Å². The second kappa shape index (κ2) is 2.83.